The highest BCUT2D eigenvalue weighted by molar-refractivity contribution is 8.26. The molecule has 0 radical (unpaired) electrons. The maximum absolute atomic E-state index is 13.0. The fourth-order valence-electron chi connectivity index (χ4n) is 3.68. The number of carbonyl (C=O) groups is 2. The van der Waals surface area contributed by atoms with E-state index in [9.17, 15) is 9.59 Å². The topological polar surface area (TPSA) is 58.7 Å². The second kappa shape index (κ2) is 9.11. The number of hydrogen-bond acceptors (Lipinski definition) is 5. The monoisotopic (exact) mass is 453 g/mol. The molecule has 1 fully saturated rings. The Morgan fingerprint density at radius 1 is 1.19 bits per heavy atom. The van der Waals surface area contributed by atoms with Crippen LogP contribution in [0, 0.1) is 0 Å². The van der Waals surface area contributed by atoms with Gasteiger partial charge in [-0.05, 0) is 38.1 Å². The number of amides is 2. The van der Waals surface area contributed by atoms with Crippen LogP contribution in [0.25, 0.3) is 17.0 Å². The third kappa shape index (κ3) is 4.31. The van der Waals surface area contributed by atoms with Crippen LogP contribution in [0.15, 0.2) is 58.2 Å². The molecule has 2 amide bonds. The molecule has 1 saturated heterocycles. The smallest absolute Gasteiger partial charge is 0.266 e. The van der Waals surface area contributed by atoms with Gasteiger partial charge >= 0.3 is 0 Å². The lowest BCUT2D eigenvalue weighted by Gasteiger charge is -2.19. The zero-order valence-corrected chi connectivity index (χ0v) is 19.0. The van der Waals surface area contributed by atoms with E-state index in [1.54, 1.807) is 17.2 Å². The van der Waals surface area contributed by atoms with Gasteiger partial charge in [-0.2, -0.15) is 0 Å². The number of fused-ring (bicyclic) bond motifs is 1. The zero-order chi connectivity index (χ0) is 22.0. The van der Waals surface area contributed by atoms with Crippen LogP contribution < -0.4 is 0 Å². The van der Waals surface area contributed by atoms with Crippen molar-refractivity contribution in [1.29, 1.82) is 0 Å². The van der Waals surface area contributed by atoms with Crippen molar-refractivity contribution in [3.05, 3.63) is 65.1 Å². The molecule has 0 aliphatic carbocycles. The number of thiocarbonyl (C=S) groups is 1. The van der Waals surface area contributed by atoms with Crippen LogP contribution in [0.1, 0.15) is 25.2 Å². The predicted octanol–water partition coefficient (Wildman–Crippen LogP) is 4.50. The van der Waals surface area contributed by atoms with Gasteiger partial charge in [0.15, 0.2) is 0 Å². The number of hydrogen-bond donors (Lipinski definition) is 0. The summed E-state index contributed by atoms with van der Waals surface area (Å²) in [5.74, 6) is 0.619. The Morgan fingerprint density at radius 2 is 1.97 bits per heavy atom. The molecule has 160 valence electrons. The Hall–Kier alpha value is -2.84. The van der Waals surface area contributed by atoms with Gasteiger partial charge in [-0.15, -0.1) is 0 Å². The Labute approximate surface area is 190 Å². The van der Waals surface area contributed by atoms with E-state index in [2.05, 4.69) is 0 Å². The van der Waals surface area contributed by atoms with Gasteiger partial charge in [-0.25, -0.2) is 0 Å². The van der Waals surface area contributed by atoms with Crippen LogP contribution >= 0.6 is 24.0 Å². The molecule has 0 atom stereocenters. The quantitative estimate of drug-likeness (QED) is 0.389. The molecule has 3 heterocycles. The van der Waals surface area contributed by atoms with E-state index in [0.29, 0.717) is 34.6 Å². The molecular formula is C23H23N3O3S2. The lowest BCUT2D eigenvalue weighted by atomic mass is 10.1. The van der Waals surface area contributed by atoms with Gasteiger partial charge < -0.3 is 13.9 Å². The minimum Gasteiger partial charge on any atom is -0.467 e. The molecule has 8 heteroatoms. The van der Waals surface area contributed by atoms with Gasteiger partial charge in [0.1, 0.15) is 16.6 Å². The van der Waals surface area contributed by atoms with Crippen molar-refractivity contribution in [1.82, 2.24) is 14.4 Å². The molecule has 31 heavy (non-hydrogen) atoms. The van der Waals surface area contributed by atoms with Gasteiger partial charge in [-0.1, -0.05) is 42.2 Å². The van der Waals surface area contributed by atoms with E-state index in [1.165, 1.54) is 11.8 Å². The van der Waals surface area contributed by atoms with Crippen LogP contribution in [-0.4, -0.2) is 43.6 Å². The van der Waals surface area contributed by atoms with Gasteiger partial charge in [0.05, 0.1) is 17.7 Å². The lowest BCUT2D eigenvalue weighted by molar-refractivity contribution is -0.131. The number of carbonyl (C=O) groups excluding carboxylic acids is 2. The number of para-hydroxylation sites is 1. The highest BCUT2D eigenvalue weighted by Crippen LogP contribution is 2.35. The Kier molecular flexibility index (Phi) is 6.29. The fraction of sp³-hybridized carbons (Fsp3) is 0.261. The van der Waals surface area contributed by atoms with Crippen molar-refractivity contribution in [3.8, 4) is 0 Å². The molecule has 1 aliphatic rings. The summed E-state index contributed by atoms with van der Waals surface area (Å²) in [6.45, 7) is 5.89. The van der Waals surface area contributed by atoms with Gasteiger partial charge in [0.2, 0.25) is 5.91 Å². The first kappa shape index (κ1) is 21.4. The number of thioether (sulfide) groups is 1. The molecule has 4 rings (SSSR count). The molecule has 6 nitrogen and oxygen atoms in total. The average molecular weight is 454 g/mol. The van der Waals surface area contributed by atoms with E-state index in [0.717, 1.165) is 16.5 Å². The van der Waals surface area contributed by atoms with Crippen LogP contribution in [-0.2, 0) is 22.7 Å². The molecule has 2 aromatic heterocycles. The summed E-state index contributed by atoms with van der Waals surface area (Å²) >= 11 is 6.71. The first-order valence-corrected chi connectivity index (χ1v) is 11.4. The molecule has 0 bridgehead atoms. The second-order valence-electron chi connectivity index (χ2n) is 7.14. The predicted molar refractivity (Wildman–Crippen MR) is 127 cm³/mol. The first-order chi connectivity index (χ1) is 15.0. The number of nitrogens with zero attached hydrogens (tertiary/aromatic N) is 3. The van der Waals surface area contributed by atoms with Gasteiger partial charge in [0.25, 0.3) is 5.91 Å². The van der Waals surface area contributed by atoms with Crippen molar-refractivity contribution < 1.29 is 14.0 Å². The largest absolute Gasteiger partial charge is 0.467 e. The van der Waals surface area contributed by atoms with E-state index in [4.69, 9.17) is 16.6 Å². The van der Waals surface area contributed by atoms with Crippen molar-refractivity contribution >= 4 is 57.1 Å². The van der Waals surface area contributed by atoms with Crippen LogP contribution in [0.2, 0.25) is 0 Å². The first-order valence-electron chi connectivity index (χ1n) is 10.1. The Bertz CT molecular complexity index is 1160. The Balaban J connectivity index is 1.64. The summed E-state index contributed by atoms with van der Waals surface area (Å²) in [5, 5.41) is 0.992. The van der Waals surface area contributed by atoms with E-state index >= 15 is 0 Å². The lowest BCUT2D eigenvalue weighted by Crippen LogP contribution is -2.33. The van der Waals surface area contributed by atoms with E-state index in [1.807, 2.05) is 65.9 Å². The summed E-state index contributed by atoms with van der Waals surface area (Å²) in [7, 11) is 0. The number of rotatable bonds is 7. The molecule has 0 N–H and O–H groups in total. The van der Waals surface area contributed by atoms with Crippen LogP contribution in [0.4, 0.5) is 0 Å². The SMILES string of the molecule is CCN(CC)C(=O)Cn1cc(/C=C2\SC(=S)N(Cc3ccco3)C2=O)c2ccccc21. The molecule has 1 aliphatic heterocycles. The minimum absolute atomic E-state index is 0.0714. The maximum atomic E-state index is 13.0. The highest BCUT2D eigenvalue weighted by Gasteiger charge is 2.32. The molecule has 1 aromatic carbocycles. The maximum Gasteiger partial charge on any atom is 0.266 e. The second-order valence-corrected chi connectivity index (χ2v) is 8.82. The standard InChI is InChI=1S/C23H23N3O3S2/c1-3-24(4-2)21(27)15-25-13-16(18-9-5-6-10-19(18)25)12-20-22(28)26(23(30)31-20)14-17-8-7-11-29-17/h5-13H,3-4,14-15H2,1-2H3/b20-12-. The van der Waals surface area contributed by atoms with Crippen molar-refractivity contribution in [2.24, 2.45) is 0 Å². The number of furan rings is 1. The number of benzene rings is 1. The van der Waals surface area contributed by atoms with Crippen molar-refractivity contribution in [3.63, 3.8) is 0 Å². The summed E-state index contributed by atoms with van der Waals surface area (Å²) in [5.41, 5.74) is 1.85. The van der Waals surface area contributed by atoms with E-state index in [-0.39, 0.29) is 18.4 Å². The number of aromatic nitrogens is 1. The fourth-order valence-corrected chi connectivity index (χ4v) is 4.92. The molecule has 3 aromatic rings. The third-order valence-electron chi connectivity index (χ3n) is 5.30. The summed E-state index contributed by atoms with van der Waals surface area (Å²) in [4.78, 5) is 29.6. The third-order valence-corrected chi connectivity index (χ3v) is 6.67. The van der Waals surface area contributed by atoms with Crippen LogP contribution in [0.3, 0.4) is 0 Å². The molecule has 0 unspecified atom stereocenters. The average Bonchev–Trinajstić information content (AvgIpc) is 3.46. The highest BCUT2D eigenvalue weighted by atomic mass is 32.2. The van der Waals surface area contributed by atoms with Gasteiger partial charge in [-0.3, -0.25) is 14.5 Å². The number of likely N-dealkylation sites (N-methyl/N-ethyl adjacent to an activating group) is 1. The molecule has 0 saturated carbocycles. The summed E-state index contributed by atoms with van der Waals surface area (Å²) in [6, 6.07) is 11.5. The normalized spacial score (nSPS) is 15.4. The summed E-state index contributed by atoms with van der Waals surface area (Å²) < 4.78 is 7.82. The van der Waals surface area contributed by atoms with Crippen molar-refractivity contribution in [2.45, 2.75) is 26.9 Å². The molecule has 0 spiro atoms. The van der Waals surface area contributed by atoms with Gasteiger partial charge in [0, 0.05) is 35.8 Å². The zero-order valence-electron chi connectivity index (χ0n) is 17.4. The van der Waals surface area contributed by atoms with Crippen molar-refractivity contribution in [2.75, 3.05) is 13.1 Å². The molecular weight excluding hydrogens is 430 g/mol. The van der Waals surface area contributed by atoms with Crippen LogP contribution in [0.5, 0.6) is 0 Å². The summed E-state index contributed by atoms with van der Waals surface area (Å²) in [6.07, 6.45) is 5.38. The van der Waals surface area contributed by atoms with E-state index < -0.39 is 0 Å². The Morgan fingerprint density at radius 3 is 2.68 bits per heavy atom. The minimum atomic E-state index is -0.137.